The lowest BCUT2D eigenvalue weighted by Gasteiger charge is -2.10. The first-order chi connectivity index (χ1) is 11.1. The van der Waals surface area contributed by atoms with Crippen molar-refractivity contribution in [3.63, 3.8) is 0 Å². The molecular weight excluding hydrogens is 292 g/mol. The SMILES string of the molecule is CCCCOc1ccc(/C=C/C(=O)c2cnn(C)c2)cc1OC. The minimum atomic E-state index is -0.0830. The van der Waals surface area contributed by atoms with Crippen LogP contribution in [0.2, 0.25) is 0 Å². The number of aromatic nitrogens is 2. The molecule has 0 bridgehead atoms. The highest BCUT2D eigenvalue weighted by Gasteiger charge is 2.06. The second-order valence-electron chi connectivity index (χ2n) is 5.21. The number of unbranched alkanes of at least 4 members (excludes halogenated alkanes) is 1. The van der Waals surface area contributed by atoms with Gasteiger partial charge in [0.15, 0.2) is 17.3 Å². The molecule has 0 unspecified atom stereocenters. The number of ether oxygens (including phenoxy) is 2. The molecule has 0 amide bonds. The van der Waals surface area contributed by atoms with E-state index in [0.717, 1.165) is 24.2 Å². The van der Waals surface area contributed by atoms with Crippen LogP contribution in [-0.2, 0) is 7.05 Å². The molecular formula is C18H22N2O3. The Kier molecular flexibility index (Phi) is 5.97. The third-order valence-electron chi connectivity index (χ3n) is 3.36. The number of rotatable bonds is 8. The van der Waals surface area contributed by atoms with Crippen LogP contribution < -0.4 is 9.47 Å². The fraction of sp³-hybridized carbons (Fsp3) is 0.333. The molecule has 0 fully saturated rings. The maximum Gasteiger partial charge on any atom is 0.189 e. The van der Waals surface area contributed by atoms with Gasteiger partial charge >= 0.3 is 0 Å². The highest BCUT2D eigenvalue weighted by Crippen LogP contribution is 2.28. The highest BCUT2D eigenvalue weighted by molar-refractivity contribution is 6.06. The summed E-state index contributed by atoms with van der Waals surface area (Å²) in [5.41, 5.74) is 1.44. The van der Waals surface area contributed by atoms with Gasteiger partial charge in [-0.2, -0.15) is 5.10 Å². The molecule has 122 valence electrons. The number of hydrogen-bond acceptors (Lipinski definition) is 4. The second kappa shape index (κ2) is 8.17. The molecule has 1 heterocycles. The van der Waals surface area contributed by atoms with Crippen LogP contribution >= 0.6 is 0 Å². The Morgan fingerprint density at radius 2 is 2.17 bits per heavy atom. The second-order valence-corrected chi connectivity index (χ2v) is 5.21. The van der Waals surface area contributed by atoms with Crippen LogP contribution in [0.1, 0.15) is 35.7 Å². The van der Waals surface area contributed by atoms with Crippen LogP contribution in [0, 0.1) is 0 Å². The summed E-state index contributed by atoms with van der Waals surface area (Å²) in [6.45, 7) is 2.79. The van der Waals surface area contributed by atoms with Crippen molar-refractivity contribution in [3.8, 4) is 11.5 Å². The minimum absolute atomic E-state index is 0.0830. The minimum Gasteiger partial charge on any atom is -0.493 e. The number of methoxy groups -OCH3 is 1. The smallest absolute Gasteiger partial charge is 0.189 e. The highest BCUT2D eigenvalue weighted by atomic mass is 16.5. The van der Waals surface area contributed by atoms with E-state index < -0.39 is 0 Å². The molecule has 0 saturated heterocycles. The fourth-order valence-electron chi connectivity index (χ4n) is 2.05. The zero-order chi connectivity index (χ0) is 16.7. The average Bonchev–Trinajstić information content (AvgIpc) is 3.00. The number of aryl methyl sites for hydroxylation is 1. The predicted octanol–water partition coefficient (Wildman–Crippen LogP) is 3.50. The summed E-state index contributed by atoms with van der Waals surface area (Å²) in [6.07, 6.45) is 8.62. The monoisotopic (exact) mass is 314 g/mol. The maximum atomic E-state index is 12.0. The normalized spacial score (nSPS) is 10.9. The molecule has 5 heteroatoms. The molecule has 0 saturated carbocycles. The first-order valence-corrected chi connectivity index (χ1v) is 7.66. The lowest BCUT2D eigenvalue weighted by molar-refractivity contribution is 0.104. The van der Waals surface area contributed by atoms with E-state index in [1.165, 1.54) is 6.08 Å². The van der Waals surface area contributed by atoms with Gasteiger partial charge in [-0.15, -0.1) is 0 Å². The van der Waals surface area contributed by atoms with E-state index in [1.54, 1.807) is 37.3 Å². The third kappa shape index (κ3) is 4.71. The van der Waals surface area contributed by atoms with Crippen LogP contribution in [0.25, 0.3) is 6.08 Å². The van der Waals surface area contributed by atoms with Crippen molar-refractivity contribution >= 4 is 11.9 Å². The van der Waals surface area contributed by atoms with E-state index >= 15 is 0 Å². The molecule has 0 aliphatic rings. The van der Waals surface area contributed by atoms with Crippen molar-refractivity contribution in [2.24, 2.45) is 7.05 Å². The molecule has 5 nitrogen and oxygen atoms in total. The van der Waals surface area contributed by atoms with Crippen molar-refractivity contribution in [1.29, 1.82) is 0 Å². The van der Waals surface area contributed by atoms with E-state index in [0.29, 0.717) is 17.9 Å². The molecule has 23 heavy (non-hydrogen) atoms. The Balaban J connectivity index is 2.07. The van der Waals surface area contributed by atoms with Crippen molar-refractivity contribution < 1.29 is 14.3 Å². The van der Waals surface area contributed by atoms with Gasteiger partial charge in [0.1, 0.15) is 0 Å². The molecule has 0 aliphatic heterocycles. The van der Waals surface area contributed by atoms with Gasteiger partial charge in [-0.1, -0.05) is 25.5 Å². The van der Waals surface area contributed by atoms with Crippen molar-refractivity contribution in [3.05, 3.63) is 47.8 Å². The summed E-state index contributed by atoms with van der Waals surface area (Å²) >= 11 is 0. The molecule has 0 aliphatic carbocycles. The Bertz CT molecular complexity index is 689. The number of carbonyl (C=O) groups is 1. The Hall–Kier alpha value is -2.56. The lowest BCUT2D eigenvalue weighted by atomic mass is 10.1. The van der Waals surface area contributed by atoms with E-state index in [2.05, 4.69) is 12.0 Å². The number of hydrogen-bond donors (Lipinski definition) is 0. The molecule has 2 rings (SSSR count). The third-order valence-corrected chi connectivity index (χ3v) is 3.36. The predicted molar refractivity (Wildman–Crippen MR) is 90.0 cm³/mol. The van der Waals surface area contributed by atoms with Gasteiger partial charge in [0, 0.05) is 13.2 Å². The van der Waals surface area contributed by atoms with Gasteiger partial charge in [0.05, 0.1) is 25.5 Å². The molecule has 0 N–H and O–H groups in total. The number of nitrogens with zero attached hydrogens (tertiary/aromatic N) is 2. The standard InChI is InChI=1S/C18H22N2O3/c1-4-5-10-23-17-9-7-14(11-18(17)22-3)6-8-16(21)15-12-19-20(2)13-15/h6-9,11-13H,4-5,10H2,1-3H3/b8-6+. The van der Waals surface area contributed by atoms with Crippen molar-refractivity contribution in [2.45, 2.75) is 19.8 Å². The maximum absolute atomic E-state index is 12.0. The summed E-state index contributed by atoms with van der Waals surface area (Å²) in [4.78, 5) is 12.0. The van der Waals surface area contributed by atoms with E-state index in [1.807, 2.05) is 18.2 Å². The van der Waals surface area contributed by atoms with Gasteiger partial charge in [-0.05, 0) is 30.2 Å². The summed E-state index contributed by atoms with van der Waals surface area (Å²) < 4.78 is 12.7. The van der Waals surface area contributed by atoms with Crippen molar-refractivity contribution in [1.82, 2.24) is 9.78 Å². The number of ketones is 1. The Labute approximate surface area is 136 Å². The van der Waals surface area contributed by atoms with Crippen molar-refractivity contribution in [2.75, 3.05) is 13.7 Å². The Morgan fingerprint density at radius 3 is 2.83 bits per heavy atom. The first kappa shape index (κ1) is 16.8. The van der Waals surface area contributed by atoms with E-state index in [-0.39, 0.29) is 5.78 Å². The molecule has 0 radical (unpaired) electrons. The summed E-state index contributed by atoms with van der Waals surface area (Å²) in [5.74, 6) is 1.30. The molecule has 1 aromatic heterocycles. The molecule has 0 spiro atoms. The summed E-state index contributed by atoms with van der Waals surface area (Å²) in [5, 5.41) is 3.99. The molecule has 0 atom stereocenters. The van der Waals surface area contributed by atoms with Crippen LogP contribution in [0.4, 0.5) is 0 Å². The van der Waals surface area contributed by atoms with E-state index in [9.17, 15) is 4.79 Å². The van der Waals surface area contributed by atoms with Gasteiger partial charge in [0.25, 0.3) is 0 Å². The van der Waals surface area contributed by atoms with Gasteiger partial charge in [0.2, 0.25) is 0 Å². The topological polar surface area (TPSA) is 53.3 Å². The van der Waals surface area contributed by atoms with Crippen LogP contribution in [0.3, 0.4) is 0 Å². The number of carbonyl (C=O) groups excluding carboxylic acids is 1. The van der Waals surface area contributed by atoms with Crippen LogP contribution in [0.5, 0.6) is 11.5 Å². The van der Waals surface area contributed by atoms with Gasteiger partial charge in [-0.3, -0.25) is 9.48 Å². The first-order valence-electron chi connectivity index (χ1n) is 7.66. The quantitative estimate of drug-likeness (QED) is 0.425. The molecule has 2 aromatic rings. The van der Waals surface area contributed by atoms with Gasteiger partial charge in [-0.25, -0.2) is 0 Å². The fourth-order valence-corrected chi connectivity index (χ4v) is 2.05. The number of allylic oxidation sites excluding steroid dienone is 1. The van der Waals surface area contributed by atoms with E-state index in [4.69, 9.17) is 9.47 Å². The average molecular weight is 314 g/mol. The summed E-state index contributed by atoms with van der Waals surface area (Å²) in [6, 6.07) is 5.62. The Morgan fingerprint density at radius 1 is 1.35 bits per heavy atom. The van der Waals surface area contributed by atoms with Gasteiger partial charge < -0.3 is 9.47 Å². The number of benzene rings is 1. The zero-order valence-corrected chi connectivity index (χ0v) is 13.8. The lowest BCUT2D eigenvalue weighted by Crippen LogP contribution is -1.99. The summed E-state index contributed by atoms with van der Waals surface area (Å²) in [7, 11) is 3.39. The zero-order valence-electron chi connectivity index (χ0n) is 13.8. The van der Waals surface area contributed by atoms with Crippen LogP contribution in [-0.4, -0.2) is 29.3 Å². The molecule has 1 aromatic carbocycles. The largest absolute Gasteiger partial charge is 0.493 e. The van der Waals surface area contributed by atoms with Crippen LogP contribution in [0.15, 0.2) is 36.7 Å².